The number of carbonyl (C=O) groups is 1. The lowest BCUT2D eigenvalue weighted by Gasteiger charge is -2.16. The summed E-state index contributed by atoms with van der Waals surface area (Å²) in [5.41, 5.74) is 3.02. The maximum absolute atomic E-state index is 11.2. The summed E-state index contributed by atoms with van der Waals surface area (Å²) in [7, 11) is 1.38. The number of methoxy groups -OCH3 is 1. The molecule has 0 fully saturated rings. The molecule has 3 aromatic heterocycles. The Bertz CT molecular complexity index is 1050. The Morgan fingerprint density at radius 2 is 2.10 bits per heavy atom. The van der Waals surface area contributed by atoms with Crippen LogP contribution >= 0.6 is 0 Å². The lowest BCUT2D eigenvalue weighted by molar-refractivity contribution is -0.140. The number of carbonyl (C=O) groups excluding carboxylic acids is 1. The highest BCUT2D eigenvalue weighted by Crippen LogP contribution is 2.22. The monoisotopic (exact) mass is 393 g/mol. The van der Waals surface area contributed by atoms with Gasteiger partial charge in [0.1, 0.15) is 6.07 Å². The first-order chi connectivity index (χ1) is 14.0. The topological polar surface area (TPSA) is 118 Å². The summed E-state index contributed by atoms with van der Waals surface area (Å²) in [6.07, 6.45) is 5.28. The molecule has 150 valence electrons. The fourth-order valence-corrected chi connectivity index (χ4v) is 2.84. The number of fused-ring (bicyclic) bond motifs is 1. The summed E-state index contributed by atoms with van der Waals surface area (Å²) >= 11 is 0. The summed E-state index contributed by atoms with van der Waals surface area (Å²) in [6, 6.07) is 5.98. The Labute approximate surface area is 168 Å². The van der Waals surface area contributed by atoms with Crippen LogP contribution in [-0.4, -0.2) is 45.4 Å². The molecule has 0 saturated carbocycles. The minimum Gasteiger partial charge on any atom is -0.469 e. The molecule has 3 heterocycles. The average molecular weight is 393 g/mol. The minimum atomic E-state index is -0.246. The fraction of sp³-hybridized carbons (Fsp3) is 0.350. The van der Waals surface area contributed by atoms with E-state index < -0.39 is 0 Å². The summed E-state index contributed by atoms with van der Waals surface area (Å²) in [5, 5.41) is 20.9. The zero-order valence-corrected chi connectivity index (χ0v) is 16.6. The number of pyridine rings is 2. The van der Waals surface area contributed by atoms with E-state index in [1.165, 1.54) is 13.3 Å². The fourth-order valence-electron chi connectivity index (χ4n) is 2.84. The highest BCUT2D eigenvalue weighted by Gasteiger charge is 2.12. The molecule has 3 rings (SSSR count). The SMILES string of the molecule is COC(=O)CCNCc1cnc(-n2ncc3cc(C#N)cnc32)cc1NC(C)C. The smallest absolute Gasteiger partial charge is 0.306 e. The molecule has 0 radical (unpaired) electrons. The van der Waals surface area contributed by atoms with E-state index in [9.17, 15) is 4.79 Å². The van der Waals surface area contributed by atoms with Crippen LogP contribution in [0.3, 0.4) is 0 Å². The van der Waals surface area contributed by atoms with Gasteiger partial charge in [-0.25, -0.2) is 9.97 Å². The molecule has 0 atom stereocenters. The van der Waals surface area contributed by atoms with E-state index in [-0.39, 0.29) is 12.0 Å². The van der Waals surface area contributed by atoms with E-state index >= 15 is 0 Å². The molecule has 0 aliphatic heterocycles. The van der Waals surface area contributed by atoms with Crippen LogP contribution in [0.25, 0.3) is 16.9 Å². The third-order valence-corrected chi connectivity index (χ3v) is 4.22. The van der Waals surface area contributed by atoms with Gasteiger partial charge in [0.05, 0.1) is 25.3 Å². The van der Waals surface area contributed by atoms with Crippen molar-refractivity contribution in [3.63, 3.8) is 0 Å². The molecule has 0 spiro atoms. The number of rotatable bonds is 8. The van der Waals surface area contributed by atoms with Gasteiger partial charge in [-0.15, -0.1) is 0 Å². The molecule has 0 aromatic carbocycles. The second kappa shape index (κ2) is 9.12. The van der Waals surface area contributed by atoms with E-state index in [0.717, 1.165) is 16.6 Å². The molecule has 0 aliphatic carbocycles. The second-order valence-corrected chi connectivity index (χ2v) is 6.81. The first-order valence-corrected chi connectivity index (χ1v) is 9.29. The van der Waals surface area contributed by atoms with E-state index in [2.05, 4.69) is 50.4 Å². The van der Waals surface area contributed by atoms with Crippen molar-refractivity contribution in [2.24, 2.45) is 0 Å². The van der Waals surface area contributed by atoms with Crippen LogP contribution in [0.1, 0.15) is 31.4 Å². The van der Waals surface area contributed by atoms with Crippen molar-refractivity contribution in [1.82, 2.24) is 25.1 Å². The van der Waals surface area contributed by atoms with Gasteiger partial charge in [0, 0.05) is 54.2 Å². The van der Waals surface area contributed by atoms with Crippen LogP contribution in [-0.2, 0) is 16.1 Å². The largest absolute Gasteiger partial charge is 0.469 e. The number of anilines is 1. The Morgan fingerprint density at radius 1 is 1.28 bits per heavy atom. The first kappa shape index (κ1) is 20.2. The van der Waals surface area contributed by atoms with Crippen molar-refractivity contribution in [2.45, 2.75) is 32.9 Å². The molecular formula is C20H23N7O2. The second-order valence-electron chi connectivity index (χ2n) is 6.81. The molecule has 0 bridgehead atoms. The van der Waals surface area contributed by atoms with Gasteiger partial charge < -0.3 is 15.4 Å². The molecule has 0 saturated heterocycles. The summed E-state index contributed by atoms with van der Waals surface area (Å²) in [4.78, 5) is 20.1. The maximum Gasteiger partial charge on any atom is 0.306 e. The highest BCUT2D eigenvalue weighted by atomic mass is 16.5. The first-order valence-electron chi connectivity index (χ1n) is 9.29. The van der Waals surface area contributed by atoms with Gasteiger partial charge in [-0.3, -0.25) is 4.79 Å². The van der Waals surface area contributed by atoms with Gasteiger partial charge in [0.15, 0.2) is 11.5 Å². The molecular weight excluding hydrogens is 370 g/mol. The van der Waals surface area contributed by atoms with Crippen molar-refractivity contribution in [3.8, 4) is 11.9 Å². The van der Waals surface area contributed by atoms with E-state index in [1.54, 1.807) is 23.1 Å². The van der Waals surface area contributed by atoms with Gasteiger partial charge in [-0.05, 0) is 19.9 Å². The Hall–Kier alpha value is -3.51. The van der Waals surface area contributed by atoms with Crippen molar-refractivity contribution in [2.75, 3.05) is 19.0 Å². The van der Waals surface area contributed by atoms with Crippen molar-refractivity contribution < 1.29 is 9.53 Å². The normalized spacial score (nSPS) is 10.9. The molecule has 0 unspecified atom stereocenters. The Morgan fingerprint density at radius 3 is 2.83 bits per heavy atom. The van der Waals surface area contributed by atoms with Crippen LogP contribution < -0.4 is 10.6 Å². The van der Waals surface area contributed by atoms with Crippen LogP contribution in [0.15, 0.2) is 30.7 Å². The third-order valence-electron chi connectivity index (χ3n) is 4.22. The number of nitrogens with zero attached hydrogens (tertiary/aromatic N) is 5. The number of ether oxygens (including phenoxy) is 1. The maximum atomic E-state index is 11.2. The number of aromatic nitrogens is 4. The predicted molar refractivity (Wildman–Crippen MR) is 108 cm³/mol. The Kier molecular flexibility index (Phi) is 6.36. The van der Waals surface area contributed by atoms with Crippen molar-refractivity contribution in [1.29, 1.82) is 5.26 Å². The van der Waals surface area contributed by atoms with Gasteiger partial charge in [0.2, 0.25) is 0 Å². The predicted octanol–water partition coefficient (Wildman–Crippen LogP) is 2.16. The number of hydrogen-bond donors (Lipinski definition) is 2. The average Bonchev–Trinajstić information content (AvgIpc) is 3.14. The third kappa shape index (κ3) is 4.86. The highest BCUT2D eigenvalue weighted by molar-refractivity contribution is 5.77. The quantitative estimate of drug-likeness (QED) is 0.442. The van der Waals surface area contributed by atoms with Gasteiger partial charge in [-0.1, -0.05) is 0 Å². The molecule has 0 amide bonds. The minimum absolute atomic E-state index is 0.227. The molecule has 0 aliphatic rings. The molecule has 9 nitrogen and oxygen atoms in total. The van der Waals surface area contributed by atoms with Crippen LogP contribution in [0.4, 0.5) is 5.69 Å². The molecule has 9 heteroatoms. The zero-order chi connectivity index (χ0) is 20.8. The van der Waals surface area contributed by atoms with Gasteiger partial charge in [-0.2, -0.15) is 15.0 Å². The van der Waals surface area contributed by atoms with Crippen LogP contribution in [0.5, 0.6) is 0 Å². The summed E-state index contributed by atoms with van der Waals surface area (Å²) in [5.74, 6) is 0.378. The van der Waals surface area contributed by atoms with Crippen LogP contribution in [0.2, 0.25) is 0 Å². The number of nitriles is 1. The van der Waals surface area contributed by atoms with Crippen molar-refractivity contribution in [3.05, 3.63) is 41.9 Å². The van der Waals surface area contributed by atoms with Crippen molar-refractivity contribution >= 4 is 22.7 Å². The van der Waals surface area contributed by atoms with Gasteiger partial charge in [0.25, 0.3) is 0 Å². The molecule has 2 N–H and O–H groups in total. The molecule has 29 heavy (non-hydrogen) atoms. The van der Waals surface area contributed by atoms with Gasteiger partial charge >= 0.3 is 5.97 Å². The lowest BCUT2D eigenvalue weighted by atomic mass is 10.2. The summed E-state index contributed by atoms with van der Waals surface area (Å²) in [6.45, 7) is 5.19. The van der Waals surface area contributed by atoms with E-state index in [4.69, 9.17) is 5.26 Å². The zero-order valence-electron chi connectivity index (χ0n) is 16.6. The van der Waals surface area contributed by atoms with E-state index in [0.29, 0.717) is 36.5 Å². The number of nitrogens with one attached hydrogen (secondary N) is 2. The Balaban J connectivity index is 1.85. The number of esters is 1. The number of hydrogen-bond acceptors (Lipinski definition) is 8. The summed E-state index contributed by atoms with van der Waals surface area (Å²) < 4.78 is 6.30. The standard InChI is InChI=1S/C20H23N7O2/c1-13(2)26-17-7-18(23-11-16(17)10-22-5-4-19(28)29-3)27-20-15(12-25-27)6-14(8-21)9-24-20/h6-7,9,11-13,22H,4-5,10H2,1-3H3,(H,23,26). The lowest BCUT2D eigenvalue weighted by Crippen LogP contribution is -2.20. The molecule has 3 aromatic rings. The van der Waals surface area contributed by atoms with E-state index in [1.807, 2.05) is 6.07 Å². The van der Waals surface area contributed by atoms with Crippen LogP contribution in [0, 0.1) is 11.3 Å².